The van der Waals surface area contributed by atoms with Gasteiger partial charge in [-0.25, -0.2) is 17.6 Å². The van der Waals surface area contributed by atoms with Crippen LogP contribution < -0.4 is 0 Å². The van der Waals surface area contributed by atoms with E-state index in [1.165, 1.54) is 34.1 Å². The van der Waals surface area contributed by atoms with Crippen LogP contribution in [-0.4, -0.2) is 80.1 Å². The third kappa shape index (κ3) is 6.17. The van der Waals surface area contributed by atoms with E-state index in [-0.39, 0.29) is 25.6 Å². The summed E-state index contributed by atoms with van der Waals surface area (Å²) in [7, 11) is -3.63. The zero-order valence-corrected chi connectivity index (χ0v) is 16.2. The van der Waals surface area contributed by atoms with E-state index in [1.54, 1.807) is 6.92 Å². The van der Waals surface area contributed by atoms with Gasteiger partial charge in [-0.2, -0.15) is 4.31 Å². The average Bonchev–Trinajstić information content (AvgIpc) is 2.62. The van der Waals surface area contributed by atoms with E-state index in [4.69, 9.17) is 4.74 Å². The number of benzene rings is 1. The summed E-state index contributed by atoms with van der Waals surface area (Å²) >= 11 is 0. The van der Waals surface area contributed by atoms with E-state index < -0.39 is 21.9 Å². The fraction of sp³-hybridized carbons (Fsp3) is 0.529. The van der Waals surface area contributed by atoms with Crippen LogP contribution in [0.2, 0.25) is 0 Å². The lowest BCUT2D eigenvalue weighted by atomic mass is 10.2. The molecular formula is C17H24FN3O5S. The zero-order valence-electron chi connectivity index (χ0n) is 15.4. The van der Waals surface area contributed by atoms with Crippen molar-refractivity contribution < 1.29 is 27.1 Å². The molecule has 1 aromatic rings. The number of hydrogen-bond acceptors (Lipinski definition) is 5. The van der Waals surface area contributed by atoms with Crippen molar-refractivity contribution in [3.8, 4) is 0 Å². The van der Waals surface area contributed by atoms with Crippen molar-refractivity contribution in [1.82, 2.24) is 14.1 Å². The minimum absolute atomic E-state index is 0.0202. The molecule has 10 heteroatoms. The molecule has 0 N–H and O–H groups in total. The number of sulfonamides is 1. The Bertz CT molecular complexity index is 761. The molecule has 0 atom stereocenters. The van der Waals surface area contributed by atoms with Gasteiger partial charge in [-0.3, -0.25) is 4.79 Å². The molecule has 0 spiro atoms. The third-order valence-electron chi connectivity index (χ3n) is 4.21. The number of ether oxygens (including phenoxy) is 1. The van der Waals surface area contributed by atoms with Gasteiger partial charge in [0.15, 0.2) is 0 Å². The number of rotatable bonds is 6. The van der Waals surface area contributed by atoms with Crippen molar-refractivity contribution >= 4 is 22.0 Å². The van der Waals surface area contributed by atoms with Gasteiger partial charge in [0, 0.05) is 32.7 Å². The largest absolute Gasteiger partial charge is 0.450 e. The van der Waals surface area contributed by atoms with Crippen LogP contribution >= 0.6 is 0 Å². The van der Waals surface area contributed by atoms with E-state index in [9.17, 15) is 22.4 Å². The van der Waals surface area contributed by atoms with Gasteiger partial charge in [0.2, 0.25) is 15.9 Å². The Labute approximate surface area is 158 Å². The number of carbonyl (C=O) groups excluding carboxylic acids is 2. The van der Waals surface area contributed by atoms with Gasteiger partial charge >= 0.3 is 6.09 Å². The van der Waals surface area contributed by atoms with Gasteiger partial charge in [0.05, 0.1) is 19.4 Å². The highest BCUT2D eigenvalue weighted by atomic mass is 32.2. The van der Waals surface area contributed by atoms with E-state index in [0.29, 0.717) is 31.7 Å². The molecule has 2 amide bonds. The van der Waals surface area contributed by atoms with E-state index in [0.717, 1.165) is 10.6 Å². The van der Waals surface area contributed by atoms with Crippen LogP contribution in [0, 0.1) is 5.82 Å². The second-order valence-corrected chi connectivity index (χ2v) is 8.21. The molecule has 1 saturated heterocycles. The molecule has 1 aromatic carbocycles. The summed E-state index contributed by atoms with van der Waals surface area (Å²) in [4.78, 5) is 27.3. The first-order valence-corrected chi connectivity index (χ1v) is 10.4. The Morgan fingerprint density at radius 3 is 2.19 bits per heavy atom. The molecule has 27 heavy (non-hydrogen) atoms. The van der Waals surface area contributed by atoms with Crippen molar-refractivity contribution in [2.24, 2.45) is 0 Å². The molecule has 0 saturated carbocycles. The molecule has 0 bridgehead atoms. The van der Waals surface area contributed by atoms with Crippen molar-refractivity contribution in [3.63, 3.8) is 0 Å². The number of carbonyl (C=O) groups is 2. The van der Waals surface area contributed by atoms with E-state index in [1.807, 2.05) is 0 Å². The Morgan fingerprint density at radius 1 is 1.11 bits per heavy atom. The molecule has 1 fully saturated rings. The molecule has 0 unspecified atom stereocenters. The molecule has 1 aliphatic rings. The molecular weight excluding hydrogens is 377 g/mol. The smallest absolute Gasteiger partial charge is 0.409 e. The molecule has 8 nitrogen and oxygen atoms in total. The number of amides is 2. The molecule has 150 valence electrons. The third-order valence-corrected chi connectivity index (χ3v) is 5.41. The Morgan fingerprint density at radius 2 is 1.67 bits per heavy atom. The highest BCUT2D eigenvalue weighted by Crippen LogP contribution is 2.11. The Kier molecular flexibility index (Phi) is 7.14. The van der Waals surface area contributed by atoms with Crippen LogP contribution in [0.5, 0.6) is 0 Å². The van der Waals surface area contributed by atoms with Gasteiger partial charge in [-0.05, 0) is 24.6 Å². The molecule has 1 heterocycles. The van der Waals surface area contributed by atoms with Crippen LogP contribution in [0.4, 0.5) is 9.18 Å². The molecule has 1 aliphatic heterocycles. The minimum Gasteiger partial charge on any atom is -0.450 e. The second kappa shape index (κ2) is 9.14. The SMILES string of the molecule is CCOC(=O)N1CCN(C(=O)CN(Cc2ccc(F)cc2)S(C)(=O)=O)CC1. The Hall–Kier alpha value is -2.20. The van der Waals surface area contributed by atoms with Crippen molar-refractivity contribution in [2.75, 3.05) is 45.6 Å². The minimum atomic E-state index is -3.63. The summed E-state index contributed by atoms with van der Waals surface area (Å²) in [5.74, 6) is -0.758. The normalized spacial score (nSPS) is 15.1. The van der Waals surface area contributed by atoms with Crippen molar-refractivity contribution in [3.05, 3.63) is 35.6 Å². The number of hydrogen-bond donors (Lipinski definition) is 0. The molecule has 0 aliphatic carbocycles. The summed E-state index contributed by atoms with van der Waals surface area (Å²) in [5, 5.41) is 0. The summed E-state index contributed by atoms with van der Waals surface area (Å²) in [6.07, 6.45) is 0.612. The van der Waals surface area contributed by atoms with Gasteiger partial charge in [-0.15, -0.1) is 0 Å². The maximum atomic E-state index is 13.0. The van der Waals surface area contributed by atoms with Crippen LogP contribution in [0.25, 0.3) is 0 Å². The zero-order chi connectivity index (χ0) is 20.0. The fourth-order valence-corrected chi connectivity index (χ4v) is 3.42. The molecule has 0 radical (unpaired) electrons. The number of nitrogens with zero attached hydrogens (tertiary/aromatic N) is 3. The first-order valence-electron chi connectivity index (χ1n) is 8.59. The first-order chi connectivity index (χ1) is 12.7. The van der Waals surface area contributed by atoms with Gasteiger partial charge < -0.3 is 14.5 Å². The van der Waals surface area contributed by atoms with Gasteiger partial charge in [0.25, 0.3) is 0 Å². The van der Waals surface area contributed by atoms with Crippen LogP contribution in [0.3, 0.4) is 0 Å². The predicted molar refractivity (Wildman–Crippen MR) is 96.8 cm³/mol. The lowest BCUT2D eigenvalue weighted by Gasteiger charge is -2.35. The van der Waals surface area contributed by atoms with Crippen molar-refractivity contribution in [1.29, 1.82) is 0 Å². The number of piperazine rings is 1. The fourth-order valence-electron chi connectivity index (χ4n) is 2.69. The lowest BCUT2D eigenvalue weighted by molar-refractivity contribution is -0.133. The Balaban J connectivity index is 1.96. The quantitative estimate of drug-likeness (QED) is 0.707. The lowest BCUT2D eigenvalue weighted by Crippen LogP contribution is -2.53. The topological polar surface area (TPSA) is 87.2 Å². The van der Waals surface area contributed by atoms with Crippen molar-refractivity contribution in [2.45, 2.75) is 13.5 Å². The van der Waals surface area contributed by atoms with Crippen LogP contribution in [-0.2, 0) is 26.1 Å². The van der Waals surface area contributed by atoms with Gasteiger partial charge in [-0.1, -0.05) is 12.1 Å². The maximum Gasteiger partial charge on any atom is 0.409 e. The first kappa shape index (κ1) is 21.1. The average molecular weight is 401 g/mol. The van der Waals surface area contributed by atoms with Gasteiger partial charge in [0.1, 0.15) is 5.82 Å². The van der Waals surface area contributed by atoms with Crippen LogP contribution in [0.15, 0.2) is 24.3 Å². The van der Waals surface area contributed by atoms with E-state index in [2.05, 4.69) is 0 Å². The van der Waals surface area contributed by atoms with Crippen LogP contribution in [0.1, 0.15) is 12.5 Å². The summed E-state index contributed by atoms with van der Waals surface area (Å²) in [6.45, 7) is 2.97. The molecule has 0 aromatic heterocycles. The highest BCUT2D eigenvalue weighted by Gasteiger charge is 2.28. The monoisotopic (exact) mass is 401 g/mol. The number of halogens is 1. The molecule has 2 rings (SSSR count). The highest BCUT2D eigenvalue weighted by molar-refractivity contribution is 7.88. The summed E-state index contributed by atoms with van der Waals surface area (Å²) in [5.41, 5.74) is 0.585. The second-order valence-electron chi connectivity index (χ2n) is 6.22. The summed E-state index contributed by atoms with van der Waals surface area (Å²) in [6, 6.07) is 5.45. The maximum absolute atomic E-state index is 13.0. The predicted octanol–water partition coefficient (Wildman–Crippen LogP) is 0.888. The standard InChI is InChI=1S/C17H24FN3O5S/c1-3-26-17(23)20-10-8-19(9-11-20)16(22)13-21(27(2,24)25)12-14-4-6-15(18)7-5-14/h4-7H,3,8-13H2,1-2H3. The van der Waals surface area contributed by atoms with E-state index >= 15 is 0 Å². The summed E-state index contributed by atoms with van der Waals surface area (Å²) < 4.78 is 43.1.